The minimum atomic E-state index is 0.573. The van der Waals surface area contributed by atoms with Gasteiger partial charge < -0.3 is 5.32 Å². The predicted molar refractivity (Wildman–Crippen MR) is 83.5 cm³/mol. The summed E-state index contributed by atoms with van der Waals surface area (Å²) in [5.41, 5.74) is 1.90. The second-order valence-corrected chi connectivity index (χ2v) is 5.41. The maximum atomic E-state index is 4.32. The summed E-state index contributed by atoms with van der Waals surface area (Å²) in [5.74, 6) is 2.18. The van der Waals surface area contributed by atoms with Crippen molar-refractivity contribution in [3.8, 4) is 11.3 Å². The Labute approximate surface area is 126 Å². The number of nitrogens with one attached hydrogen (secondary N) is 2. The summed E-state index contributed by atoms with van der Waals surface area (Å²) in [4.78, 5) is 12.8. The number of hydrogen-bond acceptors (Lipinski definition) is 6. The third kappa shape index (κ3) is 3.38. The van der Waals surface area contributed by atoms with Gasteiger partial charge in [-0.1, -0.05) is 49.0 Å². The lowest BCUT2D eigenvalue weighted by atomic mass is 10.1. The highest BCUT2D eigenvalue weighted by molar-refractivity contribution is 7.99. The Morgan fingerprint density at radius 3 is 2.86 bits per heavy atom. The monoisotopic (exact) mass is 298 g/mol. The Bertz CT molecular complexity index is 712. The zero-order valence-corrected chi connectivity index (χ0v) is 12.3. The fourth-order valence-corrected chi connectivity index (χ4v) is 2.33. The Balaban J connectivity index is 1.79. The minimum absolute atomic E-state index is 0.573. The molecule has 0 spiro atoms. The molecule has 1 aromatic carbocycles. The Morgan fingerprint density at radius 1 is 1.19 bits per heavy atom. The minimum Gasteiger partial charge on any atom is -0.309 e. The van der Waals surface area contributed by atoms with Crippen LogP contribution in [0.3, 0.4) is 0 Å². The second kappa shape index (κ2) is 6.36. The van der Waals surface area contributed by atoms with Gasteiger partial charge in [-0.25, -0.2) is 15.1 Å². The van der Waals surface area contributed by atoms with Crippen molar-refractivity contribution in [2.45, 2.75) is 12.1 Å². The molecule has 0 atom stereocenters. The quantitative estimate of drug-likeness (QED) is 0.705. The largest absolute Gasteiger partial charge is 0.309 e. The summed E-state index contributed by atoms with van der Waals surface area (Å²) in [6.07, 6.45) is 1.53. The van der Waals surface area contributed by atoms with Crippen LogP contribution in [0.4, 0.5) is 11.8 Å². The first-order valence-electron chi connectivity index (χ1n) is 6.55. The molecule has 6 nitrogen and oxygen atoms in total. The van der Waals surface area contributed by atoms with Gasteiger partial charge in [-0.05, 0) is 5.75 Å². The van der Waals surface area contributed by atoms with E-state index >= 15 is 0 Å². The van der Waals surface area contributed by atoms with Gasteiger partial charge in [0, 0.05) is 11.6 Å². The van der Waals surface area contributed by atoms with E-state index in [9.17, 15) is 0 Å². The van der Waals surface area contributed by atoms with Crippen LogP contribution in [0.25, 0.3) is 11.3 Å². The van der Waals surface area contributed by atoms with Crippen LogP contribution in [-0.4, -0.2) is 30.9 Å². The van der Waals surface area contributed by atoms with E-state index in [1.807, 2.05) is 36.4 Å². The molecule has 2 aromatic heterocycles. The average Bonchev–Trinajstić information content (AvgIpc) is 2.96. The van der Waals surface area contributed by atoms with E-state index in [-0.39, 0.29) is 0 Å². The van der Waals surface area contributed by atoms with E-state index < -0.39 is 0 Å². The van der Waals surface area contributed by atoms with Gasteiger partial charge in [-0.15, -0.1) is 5.10 Å². The van der Waals surface area contributed by atoms with Crippen molar-refractivity contribution in [1.82, 2.24) is 25.1 Å². The van der Waals surface area contributed by atoms with E-state index in [0.29, 0.717) is 11.8 Å². The van der Waals surface area contributed by atoms with Crippen LogP contribution in [0, 0.1) is 0 Å². The van der Waals surface area contributed by atoms with Gasteiger partial charge in [0.1, 0.15) is 12.1 Å². The van der Waals surface area contributed by atoms with E-state index in [2.05, 4.69) is 37.4 Å². The van der Waals surface area contributed by atoms with Crippen molar-refractivity contribution < 1.29 is 0 Å². The molecule has 3 rings (SSSR count). The molecule has 0 saturated heterocycles. The highest BCUT2D eigenvalue weighted by atomic mass is 32.2. The standard InChI is InChI=1S/C14H14N6S/c1-2-21-14-18-13(19-20-14)17-12-8-11(15-9-16-12)10-6-4-3-5-7-10/h3-9H,2H2,1H3,(H2,15,16,17,18,19,20). The summed E-state index contributed by atoms with van der Waals surface area (Å²) in [6, 6.07) is 11.8. The van der Waals surface area contributed by atoms with Crippen LogP contribution in [0.15, 0.2) is 47.9 Å². The van der Waals surface area contributed by atoms with Gasteiger partial charge in [0.25, 0.3) is 0 Å². The Kier molecular flexibility index (Phi) is 4.11. The number of rotatable bonds is 5. The molecule has 21 heavy (non-hydrogen) atoms. The molecule has 0 unspecified atom stereocenters. The number of aromatic nitrogens is 5. The van der Waals surface area contributed by atoms with Gasteiger partial charge >= 0.3 is 0 Å². The van der Waals surface area contributed by atoms with Crippen LogP contribution < -0.4 is 5.32 Å². The molecule has 106 valence electrons. The van der Waals surface area contributed by atoms with Gasteiger partial charge in [-0.3, -0.25) is 0 Å². The van der Waals surface area contributed by atoms with Crippen LogP contribution in [0.2, 0.25) is 0 Å². The maximum absolute atomic E-state index is 4.32. The molecule has 0 amide bonds. The van der Waals surface area contributed by atoms with E-state index in [1.54, 1.807) is 11.8 Å². The molecule has 0 aliphatic carbocycles. The highest BCUT2D eigenvalue weighted by Crippen LogP contribution is 2.20. The van der Waals surface area contributed by atoms with E-state index in [0.717, 1.165) is 22.2 Å². The number of thioether (sulfide) groups is 1. The summed E-state index contributed by atoms with van der Waals surface area (Å²) in [6.45, 7) is 2.06. The SMILES string of the molecule is CCSc1n[nH]c(Nc2cc(-c3ccccc3)ncn2)n1. The summed E-state index contributed by atoms with van der Waals surface area (Å²) in [7, 11) is 0. The third-order valence-corrected chi connectivity index (χ3v) is 3.45. The van der Waals surface area contributed by atoms with Crippen LogP contribution >= 0.6 is 11.8 Å². The molecule has 0 radical (unpaired) electrons. The zero-order valence-electron chi connectivity index (χ0n) is 11.4. The van der Waals surface area contributed by atoms with Crippen LogP contribution in [-0.2, 0) is 0 Å². The third-order valence-electron chi connectivity index (χ3n) is 2.72. The van der Waals surface area contributed by atoms with E-state index in [4.69, 9.17) is 0 Å². The van der Waals surface area contributed by atoms with Crippen molar-refractivity contribution in [3.63, 3.8) is 0 Å². The lowest BCUT2D eigenvalue weighted by molar-refractivity contribution is 0.974. The highest BCUT2D eigenvalue weighted by Gasteiger charge is 2.05. The Morgan fingerprint density at radius 2 is 2.05 bits per heavy atom. The topological polar surface area (TPSA) is 79.4 Å². The molecular formula is C14H14N6S. The number of benzene rings is 1. The second-order valence-electron chi connectivity index (χ2n) is 4.18. The molecule has 0 bridgehead atoms. The molecule has 7 heteroatoms. The van der Waals surface area contributed by atoms with Crippen LogP contribution in [0.5, 0.6) is 0 Å². The molecule has 2 heterocycles. The fourth-order valence-electron chi connectivity index (χ4n) is 1.81. The first-order valence-corrected chi connectivity index (χ1v) is 7.53. The summed E-state index contributed by atoms with van der Waals surface area (Å²) >= 11 is 1.58. The Hall–Kier alpha value is -2.41. The number of anilines is 2. The molecule has 0 fully saturated rings. The molecule has 2 N–H and O–H groups in total. The lowest BCUT2D eigenvalue weighted by Crippen LogP contribution is -1.97. The van der Waals surface area contributed by atoms with Crippen molar-refractivity contribution >= 4 is 23.5 Å². The van der Waals surface area contributed by atoms with Gasteiger partial charge in [-0.2, -0.15) is 4.98 Å². The number of nitrogens with zero attached hydrogens (tertiary/aromatic N) is 4. The molecule has 0 saturated carbocycles. The number of hydrogen-bond donors (Lipinski definition) is 2. The first-order chi connectivity index (χ1) is 10.3. The molecule has 0 aliphatic rings. The maximum Gasteiger partial charge on any atom is 0.225 e. The zero-order chi connectivity index (χ0) is 14.5. The molecule has 0 aliphatic heterocycles. The van der Waals surface area contributed by atoms with Crippen LogP contribution in [0.1, 0.15) is 6.92 Å². The smallest absolute Gasteiger partial charge is 0.225 e. The van der Waals surface area contributed by atoms with Crippen molar-refractivity contribution in [2.24, 2.45) is 0 Å². The first kappa shape index (κ1) is 13.6. The van der Waals surface area contributed by atoms with Gasteiger partial charge in [0.05, 0.1) is 5.69 Å². The average molecular weight is 298 g/mol. The normalized spacial score (nSPS) is 10.5. The van der Waals surface area contributed by atoms with Gasteiger partial charge in [0.15, 0.2) is 0 Å². The van der Waals surface area contributed by atoms with Crippen molar-refractivity contribution in [2.75, 3.05) is 11.1 Å². The summed E-state index contributed by atoms with van der Waals surface area (Å²) in [5, 5.41) is 10.8. The number of aromatic amines is 1. The van der Waals surface area contributed by atoms with E-state index in [1.165, 1.54) is 6.33 Å². The predicted octanol–water partition coefficient (Wildman–Crippen LogP) is 3.12. The number of H-pyrrole nitrogens is 1. The molecular weight excluding hydrogens is 284 g/mol. The molecule has 3 aromatic rings. The van der Waals surface area contributed by atoms with Crippen molar-refractivity contribution in [1.29, 1.82) is 0 Å². The lowest BCUT2D eigenvalue weighted by Gasteiger charge is -2.04. The summed E-state index contributed by atoms with van der Waals surface area (Å²) < 4.78 is 0. The van der Waals surface area contributed by atoms with Gasteiger partial charge in [0.2, 0.25) is 11.1 Å². The van der Waals surface area contributed by atoms with Crippen molar-refractivity contribution in [3.05, 3.63) is 42.7 Å². The fraction of sp³-hybridized carbons (Fsp3) is 0.143.